The van der Waals surface area contributed by atoms with E-state index in [1.165, 1.54) is 89.0 Å². The third-order valence-electron chi connectivity index (χ3n) is 5.55. The Hall–Kier alpha value is -1.29. The zero-order valence-corrected chi connectivity index (χ0v) is 17.4. The van der Waals surface area contributed by atoms with Gasteiger partial charge in [0.1, 0.15) is 0 Å². The maximum Gasteiger partial charge on any atom is 0.0621 e. The van der Waals surface area contributed by atoms with Gasteiger partial charge < -0.3 is 0 Å². The van der Waals surface area contributed by atoms with E-state index in [1.54, 1.807) is 5.56 Å². The lowest BCUT2D eigenvalue weighted by Crippen LogP contribution is -2.00. The Balaban J connectivity index is 2.30. The fourth-order valence-electron chi connectivity index (χ4n) is 3.79. The van der Waals surface area contributed by atoms with Gasteiger partial charge in [-0.15, -0.1) is 0 Å². The maximum atomic E-state index is 8.60. The first-order chi connectivity index (χ1) is 12.8. The van der Waals surface area contributed by atoms with Crippen molar-refractivity contribution in [1.29, 1.82) is 5.26 Å². The summed E-state index contributed by atoms with van der Waals surface area (Å²) in [5, 5.41) is 8.60. The van der Waals surface area contributed by atoms with Crippen LogP contribution in [0.2, 0.25) is 0 Å². The standard InChI is InChI=1S/C25H41N/c1-3-4-5-6-7-10-13-16-24(25-20-18-23(2)19-21-25)17-14-11-8-9-12-15-22-26/h18-21,24H,3-17H2,1-2H3. The molecule has 0 radical (unpaired) electrons. The summed E-state index contributed by atoms with van der Waals surface area (Å²) < 4.78 is 0. The van der Waals surface area contributed by atoms with E-state index in [2.05, 4.69) is 44.2 Å². The number of benzene rings is 1. The average Bonchev–Trinajstić information content (AvgIpc) is 2.65. The molecule has 0 saturated heterocycles. The van der Waals surface area contributed by atoms with Gasteiger partial charge in [0.25, 0.3) is 0 Å². The summed E-state index contributed by atoms with van der Waals surface area (Å²) in [4.78, 5) is 0. The van der Waals surface area contributed by atoms with Crippen molar-refractivity contribution >= 4 is 0 Å². The van der Waals surface area contributed by atoms with Crippen LogP contribution in [-0.2, 0) is 0 Å². The van der Waals surface area contributed by atoms with E-state index in [9.17, 15) is 0 Å². The molecule has 146 valence electrons. The molecule has 0 bridgehead atoms. The highest BCUT2D eigenvalue weighted by molar-refractivity contribution is 5.24. The molecule has 0 saturated carbocycles. The summed E-state index contributed by atoms with van der Waals surface area (Å²) in [6.45, 7) is 4.46. The van der Waals surface area contributed by atoms with Crippen molar-refractivity contribution in [2.24, 2.45) is 0 Å². The second-order valence-electron chi connectivity index (χ2n) is 7.98. The Morgan fingerprint density at radius 1 is 0.731 bits per heavy atom. The minimum Gasteiger partial charge on any atom is -0.198 e. The maximum absolute atomic E-state index is 8.60. The molecule has 0 aromatic heterocycles. The number of unbranched alkanes of at least 4 members (excludes halogenated alkanes) is 11. The predicted octanol–water partition coefficient (Wildman–Crippen LogP) is 8.47. The van der Waals surface area contributed by atoms with Crippen molar-refractivity contribution in [3.05, 3.63) is 35.4 Å². The van der Waals surface area contributed by atoms with Crippen LogP contribution in [0, 0.1) is 18.3 Å². The number of hydrogen-bond acceptors (Lipinski definition) is 1. The number of nitrogens with zero attached hydrogens (tertiary/aromatic N) is 1. The molecule has 0 amide bonds. The van der Waals surface area contributed by atoms with Crippen molar-refractivity contribution < 1.29 is 0 Å². The van der Waals surface area contributed by atoms with Gasteiger partial charge in [-0.2, -0.15) is 5.26 Å². The Labute approximate surface area is 163 Å². The molecule has 0 N–H and O–H groups in total. The number of aryl methyl sites for hydroxylation is 1. The van der Waals surface area contributed by atoms with Crippen LogP contribution >= 0.6 is 0 Å². The molecule has 0 spiro atoms. The zero-order chi connectivity index (χ0) is 18.9. The molecule has 0 aliphatic heterocycles. The quantitative estimate of drug-likeness (QED) is 0.273. The molecule has 1 rings (SSSR count). The van der Waals surface area contributed by atoms with Crippen molar-refractivity contribution in [1.82, 2.24) is 0 Å². The monoisotopic (exact) mass is 355 g/mol. The highest BCUT2D eigenvalue weighted by Gasteiger charge is 2.11. The van der Waals surface area contributed by atoms with Gasteiger partial charge in [-0.3, -0.25) is 0 Å². The van der Waals surface area contributed by atoms with Crippen LogP contribution < -0.4 is 0 Å². The highest BCUT2D eigenvalue weighted by atomic mass is 14.2. The molecule has 0 aliphatic rings. The summed E-state index contributed by atoms with van der Waals surface area (Å²) in [6.07, 6.45) is 19.4. The molecular weight excluding hydrogens is 314 g/mol. The first kappa shape index (κ1) is 22.8. The Kier molecular flexibility index (Phi) is 13.9. The fraction of sp³-hybridized carbons (Fsp3) is 0.720. The van der Waals surface area contributed by atoms with E-state index in [4.69, 9.17) is 5.26 Å². The second kappa shape index (κ2) is 15.9. The van der Waals surface area contributed by atoms with E-state index in [-0.39, 0.29) is 0 Å². The largest absolute Gasteiger partial charge is 0.198 e. The minimum absolute atomic E-state index is 0.726. The van der Waals surface area contributed by atoms with E-state index >= 15 is 0 Å². The smallest absolute Gasteiger partial charge is 0.0621 e. The van der Waals surface area contributed by atoms with Crippen molar-refractivity contribution in [2.75, 3.05) is 0 Å². The van der Waals surface area contributed by atoms with Gasteiger partial charge in [-0.1, -0.05) is 107 Å². The Bertz CT molecular complexity index is 468. The van der Waals surface area contributed by atoms with Crippen LogP contribution in [0.4, 0.5) is 0 Å². The summed E-state index contributed by atoms with van der Waals surface area (Å²) in [5.41, 5.74) is 2.91. The molecule has 0 heterocycles. The van der Waals surface area contributed by atoms with Gasteiger partial charge in [0.05, 0.1) is 6.07 Å². The van der Waals surface area contributed by atoms with Gasteiger partial charge in [0, 0.05) is 6.42 Å². The van der Waals surface area contributed by atoms with Crippen molar-refractivity contribution in [3.63, 3.8) is 0 Å². The van der Waals surface area contributed by atoms with E-state index in [0.717, 1.165) is 18.8 Å². The van der Waals surface area contributed by atoms with Crippen LogP contribution in [0.15, 0.2) is 24.3 Å². The molecule has 1 heteroatoms. The highest BCUT2D eigenvalue weighted by Crippen LogP contribution is 2.29. The summed E-state index contributed by atoms with van der Waals surface area (Å²) in [6, 6.07) is 11.5. The van der Waals surface area contributed by atoms with Gasteiger partial charge >= 0.3 is 0 Å². The van der Waals surface area contributed by atoms with E-state index in [0.29, 0.717) is 0 Å². The Morgan fingerprint density at radius 3 is 1.77 bits per heavy atom. The third kappa shape index (κ3) is 11.3. The predicted molar refractivity (Wildman–Crippen MR) is 114 cm³/mol. The first-order valence-electron chi connectivity index (χ1n) is 11.2. The molecule has 1 aromatic rings. The van der Waals surface area contributed by atoms with Gasteiger partial charge in [0.15, 0.2) is 0 Å². The second-order valence-corrected chi connectivity index (χ2v) is 7.98. The lowest BCUT2D eigenvalue weighted by Gasteiger charge is -2.18. The molecule has 26 heavy (non-hydrogen) atoms. The van der Waals surface area contributed by atoms with Crippen LogP contribution in [0.1, 0.15) is 120 Å². The van der Waals surface area contributed by atoms with Crippen molar-refractivity contribution in [3.8, 4) is 6.07 Å². The molecule has 0 fully saturated rings. The van der Waals surface area contributed by atoms with Gasteiger partial charge in [-0.25, -0.2) is 0 Å². The average molecular weight is 356 g/mol. The number of nitriles is 1. The van der Waals surface area contributed by atoms with E-state index in [1.807, 2.05) is 0 Å². The number of hydrogen-bond donors (Lipinski definition) is 0. The van der Waals surface area contributed by atoms with Crippen molar-refractivity contribution in [2.45, 2.75) is 116 Å². The van der Waals surface area contributed by atoms with Crippen LogP contribution in [-0.4, -0.2) is 0 Å². The third-order valence-corrected chi connectivity index (χ3v) is 5.55. The summed E-state index contributed by atoms with van der Waals surface area (Å²) in [5.74, 6) is 0.741. The van der Waals surface area contributed by atoms with Crippen LogP contribution in [0.25, 0.3) is 0 Å². The SMILES string of the molecule is CCCCCCCCCC(CCCCCCCC#N)c1ccc(C)cc1. The summed E-state index contributed by atoms with van der Waals surface area (Å²) in [7, 11) is 0. The Morgan fingerprint density at radius 2 is 1.23 bits per heavy atom. The molecule has 1 atom stereocenters. The first-order valence-corrected chi connectivity index (χ1v) is 11.2. The molecule has 1 aromatic carbocycles. The van der Waals surface area contributed by atoms with E-state index < -0.39 is 0 Å². The van der Waals surface area contributed by atoms with Crippen LogP contribution in [0.3, 0.4) is 0 Å². The lowest BCUT2D eigenvalue weighted by atomic mass is 9.87. The number of rotatable bonds is 16. The minimum atomic E-state index is 0.726. The normalized spacial score (nSPS) is 12.0. The molecule has 0 aliphatic carbocycles. The molecule has 1 nitrogen and oxygen atoms in total. The zero-order valence-electron chi connectivity index (χ0n) is 17.4. The fourth-order valence-corrected chi connectivity index (χ4v) is 3.79. The molecule has 1 unspecified atom stereocenters. The van der Waals surface area contributed by atoms with Gasteiger partial charge in [-0.05, 0) is 37.7 Å². The van der Waals surface area contributed by atoms with Gasteiger partial charge in [0.2, 0.25) is 0 Å². The summed E-state index contributed by atoms with van der Waals surface area (Å²) >= 11 is 0. The molecular formula is C25H41N. The van der Waals surface area contributed by atoms with Crippen LogP contribution in [0.5, 0.6) is 0 Å². The topological polar surface area (TPSA) is 23.8 Å². The lowest BCUT2D eigenvalue weighted by molar-refractivity contribution is 0.486.